The fourth-order valence-electron chi connectivity index (χ4n) is 4.05. The van der Waals surface area contributed by atoms with Crippen LogP contribution in [0.25, 0.3) is 0 Å². The summed E-state index contributed by atoms with van der Waals surface area (Å²) >= 11 is 0. The van der Waals surface area contributed by atoms with Crippen molar-refractivity contribution in [3.8, 4) is 0 Å². The summed E-state index contributed by atoms with van der Waals surface area (Å²) in [6.07, 6.45) is 0. The Hall–Kier alpha value is -3.43. The lowest BCUT2D eigenvalue weighted by Crippen LogP contribution is -2.48. The minimum Gasteiger partial charge on any atom is -0.368 e. The molecule has 1 saturated heterocycles. The number of carbonyl (C=O) groups excluding carboxylic acids is 1. The molecule has 0 aliphatic carbocycles. The summed E-state index contributed by atoms with van der Waals surface area (Å²) in [5.74, 6) is -0.685. The molecule has 3 aromatic rings. The normalized spacial score (nSPS) is 14.3. The van der Waals surface area contributed by atoms with E-state index in [1.807, 2.05) is 23.1 Å². The van der Waals surface area contributed by atoms with Crippen LogP contribution in [0.15, 0.2) is 78.9 Å². The SMILES string of the molecule is CN(C)S(=O)(=O)N(Cc1ccc(C(=O)N2CCN(c3ccccc3)CC2)cc1)c1ccccc1F. The van der Waals surface area contributed by atoms with Gasteiger partial charge >= 0.3 is 10.2 Å². The molecule has 0 N–H and O–H groups in total. The van der Waals surface area contributed by atoms with Crippen LogP contribution in [0.3, 0.4) is 0 Å². The maximum atomic E-state index is 14.5. The first kappa shape index (κ1) is 24.7. The fourth-order valence-corrected chi connectivity index (χ4v) is 5.15. The topological polar surface area (TPSA) is 64.2 Å². The average molecular weight is 497 g/mol. The Morgan fingerprint density at radius 1 is 0.857 bits per heavy atom. The molecule has 0 atom stereocenters. The quantitative estimate of drug-likeness (QED) is 0.502. The van der Waals surface area contributed by atoms with Crippen molar-refractivity contribution in [3.63, 3.8) is 0 Å². The van der Waals surface area contributed by atoms with E-state index in [9.17, 15) is 17.6 Å². The predicted octanol–water partition coefficient (Wildman–Crippen LogP) is 3.60. The molecule has 9 heteroatoms. The van der Waals surface area contributed by atoms with Crippen LogP contribution >= 0.6 is 0 Å². The third kappa shape index (κ3) is 5.47. The molecule has 35 heavy (non-hydrogen) atoms. The molecule has 0 saturated carbocycles. The molecule has 0 radical (unpaired) electrons. The van der Waals surface area contributed by atoms with E-state index in [0.29, 0.717) is 24.2 Å². The van der Waals surface area contributed by atoms with Gasteiger partial charge in [-0.15, -0.1) is 0 Å². The van der Waals surface area contributed by atoms with E-state index in [2.05, 4.69) is 17.0 Å². The molecule has 1 aliphatic heterocycles. The second-order valence-electron chi connectivity index (χ2n) is 8.56. The number of para-hydroxylation sites is 2. The molecule has 3 aromatic carbocycles. The van der Waals surface area contributed by atoms with Crippen LogP contribution in [0.1, 0.15) is 15.9 Å². The summed E-state index contributed by atoms with van der Waals surface area (Å²) in [6, 6.07) is 22.7. The number of piperazine rings is 1. The molecule has 1 fully saturated rings. The van der Waals surface area contributed by atoms with Crippen LogP contribution < -0.4 is 9.21 Å². The van der Waals surface area contributed by atoms with Gasteiger partial charge in [-0.05, 0) is 42.0 Å². The third-order valence-corrected chi connectivity index (χ3v) is 7.88. The third-order valence-electron chi connectivity index (χ3n) is 6.08. The zero-order valence-electron chi connectivity index (χ0n) is 19.8. The Kier molecular flexibility index (Phi) is 7.37. The summed E-state index contributed by atoms with van der Waals surface area (Å²) in [5.41, 5.74) is 2.30. The molecule has 184 valence electrons. The van der Waals surface area contributed by atoms with Gasteiger partial charge in [-0.1, -0.05) is 42.5 Å². The van der Waals surface area contributed by atoms with E-state index in [1.165, 1.54) is 32.3 Å². The van der Waals surface area contributed by atoms with Gasteiger partial charge in [-0.2, -0.15) is 12.7 Å². The number of carbonyl (C=O) groups is 1. The van der Waals surface area contributed by atoms with Crippen LogP contribution in [0.2, 0.25) is 0 Å². The maximum Gasteiger partial charge on any atom is 0.303 e. The fraction of sp³-hybridized carbons (Fsp3) is 0.269. The zero-order chi connectivity index (χ0) is 25.0. The van der Waals surface area contributed by atoms with Crippen molar-refractivity contribution >= 4 is 27.5 Å². The lowest BCUT2D eigenvalue weighted by molar-refractivity contribution is 0.0746. The zero-order valence-corrected chi connectivity index (χ0v) is 20.7. The Bertz CT molecular complexity index is 1260. The molecule has 1 aliphatic rings. The molecular weight excluding hydrogens is 467 g/mol. The van der Waals surface area contributed by atoms with Gasteiger partial charge in [-0.3, -0.25) is 9.10 Å². The Morgan fingerprint density at radius 3 is 2.06 bits per heavy atom. The average Bonchev–Trinajstić information content (AvgIpc) is 2.88. The summed E-state index contributed by atoms with van der Waals surface area (Å²) in [6.45, 7) is 2.70. The smallest absolute Gasteiger partial charge is 0.303 e. The second-order valence-corrected chi connectivity index (χ2v) is 10.6. The molecule has 0 unspecified atom stereocenters. The van der Waals surface area contributed by atoms with E-state index in [-0.39, 0.29) is 18.1 Å². The standard InChI is InChI=1S/C26H29FN4O3S/c1-28(2)35(33,34)31(25-11-7-6-10-24(25)27)20-21-12-14-22(15-13-21)26(32)30-18-16-29(17-19-30)23-8-4-3-5-9-23/h3-15H,16-20H2,1-2H3. The summed E-state index contributed by atoms with van der Waals surface area (Å²) in [4.78, 5) is 17.1. The Labute approximate surface area is 206 Å². The largest absolute Gasteiger partial charge is 0.368 e. The molecule has 4 rings (SSSR count). The van der Waals surface area contributed by atoms with Gasteiger partial charge in [0.2, 0.25) is 0 Å². The molecule has 0 aromatic heterocycles. The van der Waals surface area contributed by atoms with Crippen molar-refractivity contribution in [3.05, 3.63) is 95.8 Å². The molecular formula is C26H29FN4O3S. The summed E-state index contributed by atoms with van der Waals surface area (Å²) in [7, 11) is -1.13. The number of nitrogens with zero attached hydrogens (tertiary/aromatic N) is 4. The number of benzene rings is 3. The molecule has 0 spiro atoms. The van der Waals surface area contributed by atoms with Crippen molar-refractivity contribution in [2.24, 2.45) is 0 Å². The van der Waals surface area contributed by atoms with Crippen molar-refractivity contribution in [2.45, 2.75) is 6.54 Å². The van der Waals surface area contributed by atoms with Crippen molar-refractivity contribution < 1.29 is 17.6 Å². The number of hydrogen-bond acceptors (Lipinski definition) is 4. The first-order chi connectivity index (χ1) is 16.8. The van der Waals surface area contributed by atoms with Gasteiger partial charge in [0.1, 0.15) is 5.82 Å². The van der Waals surface area contributed by atoms with Gasteiger partial charge in [-0.25, -0.2) is 4.39 Å². The predicted molar refractivity (Wildman–Crippen MR) is 136 cm³/mol. The minimum absolute atomic E-state index is 0.0300. The van der Waals surface area contributed by atoms with Gasteiger partial charge in [0, 0.05) is 51.5 Å². The highest BCUT2D eigenvalue weighted by Crippen LogP contribution is 2.25. The first-order valence-electron chi connectivity index (χ1n) is 11.4. The van der Waals surface area contributed by atoms with Gasteiger partial charge in [0.05, 0.1) is 12.2 Å². The highest BCUT2D eigenvalue weighted by Gasteiger charge is 2.28. The van der Waals surface area contributed by atoms with Crippen LogP contribution in [-0.2, 0) is 16.8 Å². The van der Waals surface area contributed by atoms with Crippen LogP contribution in [0.4, 0.5) is 15.8 Å². The molecule has 0 bridgehead atoms. The van der Waals surface area contributed by atoms with Crippen molar-refractivity contribution in [2.75, 3.05) is 49.5 Å². The molecule has 1 heterocycles. The van der Waals surface area contributed by atoms with E-state index in [0.717, 1.165) is 27.4 Å². The first-order valence-corrected chi connectivity index (χ1v) is 12.8. The van der Waals surface area contributed by atoms with Crippen molar-refractivity contribution in [1.82, 2.24) is 9.21 Å². The van der Waals surface area contributed by atoms with Crippen LogP contribution in [0.5, 0.6) is 0 Å². The van der Waals surface area contributed by atoms with Crippen LogP contribution in [-0.4, -0.2) is 63.8 Å². The van der Waals surface area contributed by atoms with E-state index in [1.54, 1.807) is 30.3 Å². The molecule has 1 amide bonds. The number of halogens is 1. The Morgan fingerprint density at radius 2 is 1.46 bits per heavy atom. The Balaban J connectivity index is 1.46. The summed E-state index contributed by atoms with van der Waals surface area (Å²) < 4.78 is 42.4. The van der Waals surface area contributed by atoms with Gasteiger partial charge in [0.25, 0.3) is 5.91 Å². The van der Waals surface area contributed by atoms with Crippen LogP contribution in [0, 0.1) is 5.82 Å². The van der Waals surface area contributed by atoms with Gasteiger partial charge in [0.15, 0.2) is 0 Å². The minimum atomic E-state index is -3.94. The van der Waals surface area contributed by atoms with Crippen molar-refractivity contribution in [1.29, 1.82) is 0 Å². The second kappa shape index (κ2) is 10.5. The highest BCUT2D eigenvalue weighted by molar-refractivity contribution is 7.90. The van der Waals surface area contributed by atoms with E-state index >= 15 is 0 Å². The lowest BCUT2D eigenvalue weighted by Gasteiger charge is -2.36. The number of amides is 1. The maximum absolute atomic E-state index is 14.5. The number of hydrogen-bond donors (Lipinski definition) is 0. The van der Waals surface area contributed by atoms with Gasteiger partial charge < -0.3 is 9.80 Å². The lowest BCUT2D eigenvalue weighted by atomic mass is 10.1. The highest BCUT2D eigenvalue weighted by atomic mass is 32.2. The van der Waals surface area contributed by atoms with E-state index in [4.69, 9.17) is 0 Å². The molecule has 7 nitrogen and oxygen atoms in total. The number of anilines is 2. The number of rotatable bonds is 7. The summed E-state index contributed by atoms with van der Waals surface area (Å²) in [5, 5.41) is 0. The monoisotopic (exact) mass is 496 g/mol. The van der Waals surface area contributed by atoms with E-state index < -0.39 is 16.0 Å².